The molecule has 0 aromatic carbocycles. The Morgan fingerprint density at radius 1 is 1.00 bits per heavy atom. The summed E-state index contributed by atoms with van der Waals surface area (Å²) in [5.74, 6) is 6.17. The first kappa shape index (κ1) is 8.59. The van der Waals surface area contributed by atoms with Crippen molar-refractivity contribution in [3.63, 3.8) is 0 Å². The summed E-state index contributed by atoms with van der Waals surface area (Å²) in [5, 5.41) is 0. The van der Waals surface area contributed by atoms with E-state index in [-0.39, 0.29) is 0 Å². The maximum atomic E-state index is 2.48. The fourth-order valence-electron chi connectivity index (χ4n) is 3.76. The zero-order valence-corrected chi connectivity index (χ0v) is 8.88. The molecule has 5 atom stereocenters. The average Bonchev–Trinajstić information content (AvgIpc) is 2.53. The van der Waals surface area contributed by atoms with E-state index in [0.717, 1.165) is 35.5 Å². The molecule has 0 aliphatic heterocycles. The van der Waals surface area contributed by atoms with E-state index in [1.807, 2.05) is 0 Å². The first-order chi connectivity index (χ1) is 5.61. The van der Waals surface area contributed by atoms with Crippen molar-refractivity contribution in [2.75, 3.05) is 0 Å². The molecule has 0 heterocycles. The highest BCUT2D eigenvalue weighted by Crippen LogP contribution is 2.56. The lowest BCUT2D eigenvalue weighted by Crippen LogP contribution is -2.27. The van der Waals surface area contributed by atoms with Gasteiger partial charge >= 0.3 is 0 Å². The summed E-state index contributed by atoms with van der Waals surface area (Å²) in [6, 6.07) is 0. The summed E-state index contributed by atoms with van der Waals surface area (Å²) >= 11 is 0. The highest BCUT2D eigenvalue weighted by atomic mass is 14.5. The van der Waals surface area contributed by atoms with Gasteiger partial charge in [0.2, 0.25) is 0 Å². The van der Waals surface area contributed by atoms with Gasteiger partial charge in [0, 0.05) is 0 Å². The molecule has 0 aromatic rings. The van der Waals surface area contributed by atoms with Gasteiger partial charge in [-0.2, -0.15) is 0 Å². The molecule has 0 heteroatoms. The van der Waals surface area contributed by atoms with Crippen LogP contribution in [0.1, 0.15) is 40.5 Å². The smallest absolute Gasteiger partial charge is 0.0352 e. The lowest BCUT2D eigenvalue weighted by Gasteiger charge is -2.34. The summed E-state index contributed by atoms with van der Waals surface area (Å²) in [6.07, 6.45) is 3.08. The Balaban J connectivity index is 2.10. The molecular weight excluding hydrogens is 144 g/mol. The predicted octanol–water partition coefficient (Wildman–Crippen LogP) is 3.57. The molecule has 0 spiro atoms. The van der Waals surface area contributed by atoms with Gasteiger partial charge in [-0.25, -0.2) is 0 Å². The fourth-order valence-corrected chi connectivity index (χ4v) is 3.76. The second kappa shape index (κ2) is 2.75. The maximum Gasteiger partial charge on any atom is -0.0352 e. The lowest BCUT2D eigenvalue weighted by atomic mass is 9.72. The third kappa shape index (κ3) is 1.03. The van der Waals surface area contributed by atoms with Gasteiger partial charge in [-0.05, 0) is 48.3 Å². The minimum absolute atomic E-state index is 0.926. The quantitative estimate of drug-likeness (QED) is 0.558. The van der Waals surface area contributed by atoms with Crippen LogP contribution in [0.3, 0.4) is 0 Å². The molecule has 2 fully saturated rings. The van der Waals surface area contributed by atoms with Gasteiger partial charge in [0.15, 0.2) is 0 Å². The van der Waals surface area contributed by atoms with Crippen molar-refractivity contribution in [2.45, 2.75) is 40.5 Å². The Morgan fingerprint density at radius 2 is 1.67 bits per heavy atom. The number of fused-ring (bicyclic) bond motifs is 2. The van der Waals surface area contributed by atoms with E-state index in [0.29, 0.717) is 0 Å². The number of rotatable bonds is 1. The minimum Gasteiger partial charge on any atom is -0.0625 e. The average molecular weight is 166 g/mol. The van der Waals surface area contributed by atoms with E-state index in [4.69, 9.17) is 0 Å². The predicted molar refractivity (Wildman–Crippen MR) is 52.9 cm³/mol. The SMILES string of the molecule is CC(C)C1CC2CC1C(C)C2C. The van der Waals surface area contributed by atoms with Crippen molar-refractivity contribution in [3.05, 3.63) is 0 Å². The van der Waals surface area contributed by atoms with Gasteiger partial charge in [-0.3, -0.25) is 0 Å². The largest absolute Gasteiger partial charge is 0.0625 e. The molecule has 2 bridgehead atoms. The highest BCUT2D eigenvalue weighted by molar-refractivity contribution is 4.98. The van der Waals surface area contributed by atoms with E-state index < -0.39 is 0 Å². The molecule has 0 N–H and O–H groups in total. The number of hydrogen-bond acceptors (Lipinski definition) is 0. The van der Waals surface area contributed by atoms with Gasteiger partial charge < -0.3 is 0 Å². The summed E-state index contributed by atoms with van der Waals surface area (Å²) < 4.78 is 0. The highest BCUT2D eigenvalue weighted by Gasteiger charge is 2.49. The molecule has 0 radical (unpaired) electrons. The topological polar surface area (TPSA) is 0 Å². The van der Waals surface area contributed by atoms with Gasteiger partial charge in [0.25, 0.3) is 0 Å². The summed E-state index contributed by atoms with van der Waals surface area (Å²) in [4.78, 5) is 0. The molecule has 70 valence electrons. The van der Waals surface area contributed by atoms with Crippen molar-refractivity contribution in [1.82, 2.24) is 0 Å². The van der Waals surface area contributed by atoms with Crippen LogP contribution < -0.4 is 0 Å². The van der Waals surface area contributed by atoms with Crippen LogP contribution in [0.4, 0.5) is 0 Å². The van der Waals surface area contributed by atoms with Crippen LogP contribution in [-0.4, -0.2) is 0 Å². The third-order valence-corrected chi connectivity index (χ3v) is 4.80. The van der Waals surface area contributed by atoms with E-state index in [1.54, 1.807) is 6.42 Å². The third-order valence-electron chi connectivity index (χ3n) is 4.80. The molecule has 5 unspecified atom stereocenters. The Kier molecular flexibility index (Phi) is 1.97. The summed E-state index contributed by atoms with van der Waals surface area (Å²) in [6.45, 7) is 9.75. The zero-order valence-electron chi connectivity index (χ0n) is 8.88. The lowest BCUT2D eigenvalue weighted by molar-refractivity contribution is 0.152. The fraction of sp³-hybridized carbons (Fsp3) is 1.00. The Hall–Kier alpha value is 0. The molecule has 0 amide bonds. The van der Waals surface area contributed by atoms with E-state index >= 15 is 0 Å². The normalized spacial score (nSPS) is 52.2. The van der Waals surface area contributed by atoms with Crippen LogP contribution in [0.25, 0.3) is 0 Å². The van der Waals surface area contributed by atoms with Crippen LogP contribution in [-0.2, 0) is 0 Å². The molecule has 0 aromatic heterocycles. The summed E-state index contributed by atoms with van der Waals surface area (Å²) in [5.41, 5.74) is 0. The number of hydrogen-bond donors (Lipinski definition) is 0. The molecule has 2 saturated carbocycles. The van der Waals surface area contributed by atoms with Crippen molar-refractivity contribution >= 4 is 0 Å². The van der Waals surface area contributed by atoms with Crippen molar-refractivity contribution in [1.29, 1.82) is 0 Å². The second-order valence-corrected chi connectivity index (χ2v) is 5.52. The zero-order chi connectivity index (χ0) is 8.88. The van der Waals surface area contributed by atoms with E-state index in [9.17, 15) is 0 Å². The van der Waals surface area contributed by atoms with Crippen LogP contribution in [0.5, 0.6) is 0 Å². The van der Waals surface area contributed by atoms with Crippen molar-refractivity contribution in [2.24, 2.45) is 35.5 Å². The molecule has 0 nitrogen and oxygen atoms in total. The first-order valence-electron chi connectivity index (χ1n) is 5.61. The Bertz CT molecular complexity index is 169. The van der Waals surface area contributed by atoms with Gasteiger partial charge in [0.05, 0.1) is 0 Å². The molecule has 0 saturated heterocycles. The minimum atomic E-state index is 0.926. The Labute approximate surface area is 76.7 Å². The molecular formula is C12H22. The van der Waals surface area contributed by atoms with Gasteiger partial charge in [-0.1, -0.05) is 27.7 Å². The van der Waals surface area contributed by atoms with Crippen LogP contribution >= 0.6 is 0 Å². The molecule has 12 heavy (non-hydrogen) atoms. The first-order valence-corrected chi connectivity index (χ1v) is 5.61. The van der Waals surface area contributed by atoms with Crippen LogP contribution in [0.2, 0.25) is 0 Å². The molecule has 2 rings (SSSR count). The Morgan fingerprint density at radius 3 is 2.08 bits per heavy atom. The molecule has 2 aliphatic carbocycles. The van der Waals surface area contributed by atoms with E-state index in [1.165, 1.54) is 6.42 Å². The van der Waals surface area contributed by atoms with Crippen LogP contribution in [0.15, 0.2) is 0 Å². The van der Waals surface area contributed by atoms with Crippen molar-refractivity contribution < 1.29 is 0 Å². The van der Waals surface area contributed by atoms with Crippen LogP contribution in [0, 0.1) is 35.5 Å². The van der Waals surface area contributed by atoms with E-state index in [2.05, 4.69) is 27.7 Å². The summed E-state index contributed by atoms with van der Waals surface area (Å²) in [7, 11) is 0. The van der Waals surface area contributed by atoms with Gasteiger partial charge in [-0.15, -0.1) is 0 Å². The van der Waals surface area contributed by atoms with Gasteiger partial charge in [0.1, 0.15) is 0 Å². The monoisotopic (exact) mass is 166 g/mol. The maximum absolute atomic E-state index is 2.48. The standard InChI is InChI=1S/C12H22/c1-7(2)11-5-10-6-12(11)9(4)8(10)3/h7-12H,5-6H2,1-4H3. The molecule has 2 aliphatic rings. The van der Waals surface area contributed by atoms with Crippen molar-refractivity contribution in [3.8, 4) is 0 Å². The second-order valence-electron chi connectivity index (χ2n) is 5.52.